The van der Waals surface area contributed by atoms with Gasteiger partial charge in [-0.25, -0.2) is 4.98 Å². The Balaban J connectivity index is 2.24. The summed E-state index contributed by atoms with van der Waals surface area (Å²) in [5, 5.41) is 4.69. The normalized spacial score (nSPS) is 10.1. The largest absolute Gasteiger partial charge is 0.373 e. The summed E-state index contributed by atoms with van der Waals surface area (Å²) in [6.45, 7) is 0. The third-order valence-corrected chi connectivity index (χ3v) is 3.48. The Hall–Kier alpha value is -1.19. The van der Waals surface area contributed by atoms with Crippen LogP contribution in [0.4, 0.5) is 5.82 Å². The molecule has 0 aliphatic carbocycles. The van der Waals surface area contributed by atoms with Gasteiger partial charge in [0.2, 0.25) is 0 Å². The van der Waals surface area contributed by atoms with E-state index in [1.807, 2.05) is 49.5 Å². The van der Waals surface area contributed by atoms with E-state index in [4.69, 9.17) is 11.6 Å². The van der Waals surface area contributed by atoms with Gasteiger partial charge in [0, 0.05) is 11.9 Å². The first-order valence-electron chi connectivity index (χ1n) is 4.87. The van der Waals surface area contributed by atoms with Gasteiger partial charge >= 0.3 is 0 Å². The molecule has 16 heavy (non-hydrogen) atoms. The number of nitrogens with one attached hydrogen (secondary N) is 1. The summed E-state index contributed by atoms with van der Waals surface area (Å²) in [5.74, 6) is 0.858. The van der Waals surface area contributed by atoms with Crippen molar-refractivity contribution in [2.75, 3.05) is 12.4 Å². The highest BCUT2D eigenvalue weighted by molar-refractivity contribution is 7.99. The molecule has 2 nitrogen and oxygen atoms in total. The summed E-state index contributed by atoms with van der Waals surface area (Å²) in [7, 11) is 1.85. The van der Waals surface area contributed by atoms with E-state index in [0.29, 0.717) is 0 Å². The van der Waals surface area contributed by atoms with E-state index < -0.39 is 0 Å². The van der Waals surface area contributed by atoms with Crippen LogP contribution in [0.3, 0.4) is 0 Å². The van der Waals surface area contributed by atoms with Crippen molar-refractivity contribution < 1.29 is 0 Å². The number of hydrogen-bond acceptors (Lipinski definition) is 3. The summed E-state index contributed by atoms with van der Waals surface area (Å²) in [6, 6.07) is 13.6. The number of benzene rings is 1. The highest BCUT2D eigenvalue weighted by atomic mass is 35.5. The predicted octanol–water partition coefficient (Wildman–Crippen LogP) is 3.93. The summed E-state index contributed by atoms with van der Waals surface area (Å²) in [5.41, 5.74) is 0. The fourth-order valence-electron chi connectivity index (χ4n) is 1.25. The molecule has 0 aliphatic rings. The highest BCUT2D eigenvalue weighted by Crippen LogP contribution is 2.32. The molecule has 0 amide bonds. The lowest BCUT2D eigenvalue weighted by Crippen LogP contribution is -1.92. The van der Waals surface area contributed by atoms with Crippen LogP contribution < -0.4 is 5.32 Å². The summed E-state index contributed by atoms with van der Waals surface area (Å²) in [6.07, 6.45) is 0. The van der Waals surface area contributed by atoms with Gasteiger partial charge in [0.25, 0.3) is 0 Å². The first-order chi connectivity index (χ1) is 7.79. The van der Waals surface area contributed by atoms with Crippen LogP contribution in [0.5, 0.6) is 0 Å². The molecule has 0 bridgehead atoms. The third-order valence-electron chi connectivity index (χ3n) is 2.03. The molecule has 0 fully saturated rings. The molecule has 0 saturated heterocycles. The first kappa shape index (κ1) is 11.3. The van der Waals surface area contributed by atoms with Crippen LogP contribution in [0.1, 0.15) is 0 Å². The van der Waals surface area contributed by atoms with Crippen molar-refractivity contribution in [1.29, 1.82) is 0 Å². The molecule has 4 heteroatoms. The lowest BCUT2D eigenvalue weighted by Gasteiger charge is -2.04. The maximum absolute atomic E-state index is 6.08. The standard InChI is InChI=1S/C12H11ClN2S/c1-14-11-7-4-8-12(15-11)16-10-6-3-2-5-9(10)13/h2-8H,1H3,(H,14,15). The zero-order chi connectivity index (χ0) is 11.4. The number of rotatable bonds is 3. The van der Waals surface area contributed by atoms with Crippen LogP contribution in [0.25, 0.3) is 0 Å². The second kappa shape index (κ2) is 5.23. The average Bonchev–Trinajstić information content (AvgIpc) is 2.32. The van der Waals surface area contributed by atoms with Crippen molar-refractivity contribution in [3.05, 3.63) is 47.5 Å². The molecule has 0 radical (unpaired) electrons. The van der Waals surface area contributed by atoms with Crippen LogP contribution in [-0.2, 0) is 0 Å². The molecule has 0 unspecified atom stereocenters. The Kier molecular flexibility index (Phi) is 3.70. The van der Waals surface area contributed by atoms with Crippen LogP contribution in [0, 0.1) is 0 Å². The lowest BCUT2D eigenvalue weighted by atomic mass is 10.4. The zero-order valence-electron chi connectivity index (χ0n) is 8.77. The highest BCUT2D eigenvalue weighted by Gasteiger charge is 2.03. The number of aromatic nitrogens is 1. The van der Waals surface area contributed by atoms with Crippen LogP contribution in [0.2, 0.25) is 5.02 Å². The van der Waals surface area contributed by atoms with Gasteiger partial charge in [-0.3, -0.25) is 0 Å². The van der Waals surface area contributed by atoms with Crippen molar-refractivity contribution in [3.63, 3.8) is 0 Å². The van der Waals surface area contributed by atoms with Crippen molar-refractivity contribution >= 4 is 29.2 Å². The second-order valence-corrected chi connectivity index (χ2v) is 4.61. The van der Waals surface area contributed by atoms with E-state index in [2.05, 4.69) is 10.3 Å². The van der Waals surface area contributed by atoms with E-state index in [1.165, 1.54) is 0 Å². The molecule has 0 saturated carbocycles. The molecular formula is C12H11ClN2S. The Morgan fingerprint density at radius 2 is 1.94 bits per heavy atom. The van der Waals surface area contributed by atoms with Gasteiger partial charge in [-0.15, -0.1) is 0 Å². The van der Waals surface area contributed by atoms with E-state index in [1.54, 1.807) is 11.8 Å². The van der Waals surface area contributed by atoms with Gasteiger partial charge in [-0.1, -0.05) is 41.6 Å². The van der Waals surface area contributed by atoms with E-state index in [-0.39, 0.29) is 0 Å². The fraction of sp³-hybridized carbons (Fsp3) is 0.0833. The quantitative estimate of drug-likeness (QED) is 0.894. The SMILES string of the molecule is CNc1cccc(Sc2ccccc2Cl)n1. The minimum atomic E-state index is 0.754. The fourth-order valence-corrected chi connectivity index (χ4v) is 2.33. The topological polar surface area (TPSA) is 24.9 Å². The molecule has 0 atom stereocenters. The van der Waals surface area contributed by atoms with Gasteiger partial charge in [0.05, 0.1) is 5.02 Å². The van der Waals surface area contributed by atoms with E-state index in [0.717, 1.165) is 20.8 Å². The molecule has 0 aliphatic heterocycles. The molecule has 0 spiro atoms. The second-order valence-electron chi connectivity index (χ2n) is 3.14. The van der Waals surface area contributed by atoms with Gasteiger partial charge in [0.15, 0.2) is 0 Å². The molecule has 2 aromatic rings. The minimum Gasteiger partial charge on any atom is -0.373 e. The molecular weight excluding hydrogens is 240 g/mol. The van der Waals surface area contributed by atoms with E-state index >= 15 is 0 Å². The zero-order valence-corrected chi connectivity index (χ0v) is 10.3. The Morgan fingerprint density at radius 3 is 2.69 bits per heavy atom. The Bertz CT molecular complexity index is 488. The molecule has 1 aromatic carbocycles. The Labute approximate surface area is 104 Å². The molecule has 1 aromatic heterocycles. The van der Waals surface area contributed by atoms with Gasteiger partial charge in [-0.05, 0) is 24.3 Å². The average molecular weight is 251 g/mol. The predicted molar refractivity (Wildman–Crippen MR) is 69.4 cm³/mol. The van der Waals surface area contributed by atoms with E-state index in [9.17, 15) is 0 Å². The lowest BCUT2D eigenvalue weighted by molar-refractivity contribution is 1.12. The summed E-state index contributed by atoms with van der Waals surface area (Å²) in [4.78, 5) is 5.44. The molecule has 1 N–H and O–H groups in total. The maximum atomic E-state index is 6.08. The first-order valence-corrected chi connectivity index (χ1v) is 6.06. The van der Waals surface area contributed by atoms with Crippen molar-refractivity contribution in [2.24, 2.45) is 0 Å². The number of hydrogen-bond donors (Lipinski definition) is 1. The summed E-state index contributed by atoms with van der Waals surface area (Å²) < 4.78 is 0. The van der Waals surface area contributed by atoms with Crippen LogP contribution in [-0.4, -0.2) is 12.0 Å². The molecule has 2 rings (SSSR count). The van der Waals surface area contributed by atoms with Gasteiger partial charge in [-0.2, -0.15) is 0 Å². The summed E-state index contributed by atoms with van der Waals surface area (Å²) >= 11 is 7.64. The Morgan fingerprint density at radius 1 is 1.12 bits per heavy atom. The molecule has 1 heterocycles. The monoisotopic (exact) mass is 250 g/mol. The van der Waals surface area contributed by atoms with Crippen LogP contribution >= 0.6 is 23.4 Å². The van der Waals surface area contributed by atoms with Crippen molar-refractivity contribution in [3.8, 4) is 0 Å². The van der Waals surface area contributed by atoms with Crippen molar-refractivity contribution in [2.45, 2.75) is 9.92 Å². The van der Waals surface area contributed by atoms with Gasteiger partial charge < -0.3 is 5.32 Å². The van der Waals surface area contributed by atoms with Crippen LogP contribution in [0.15, 0.2) is 52.4 Å². The van der Waals surface area contributed by atoms with Crippen molar-refractivity contribution in [1.82, 2.24) is 4.98 Å². The number of halogens is 1. The number of nitrogens with zero attached hydrogens (tertiary/aromatic N) is 1. The van der Waals surface area contributed by atoms with Gasteiger partial charge in [0.1, 0.15) is 10.8 Å². The molecule has 82 valence electrons. The number of anilines is 1. The minimum absolute atomic E-state index is 0.754. The maximum Gasteiger partial charge on any atom is 0.127 e. The smallest absolute Gasteiger partial charge is 0.127 e. The third kappa shape index (κ3) is 2.68. The number of pyridine rings is 1.